The number of epoxide rings is 2. The number of ether oxygens (including phenoxy) is 3. The second kappa shape index (κ2) is 9.03. The average molecular weight is 274 g/mol. The largest absolute Gasteiger partial charge is 0.478 e. The fraction of sp³-hybridized carbons (Fsp3) is 0.769. The predicted molar refractivity (Wildman–Crippen MR) is 68.0 cm³/mol. The lowest BCUT2D eigenvalue weighted by atomic mass is 10.2. The molecule has 19 heavy (non-hydrogen) atoms. The van der Waals surface area contributed by atoms with Crippen LogP contribution in [0.25, 0.3) is 0 Å². The molecule has 0 bridgehead atoms. The molecule has 0 radical (unpaired) electrons. The van der Waals surface area contributed by atoms with Crippen LogP contribution in [0.1, 0.15) is 19.8 Å². The topological polar surface area (TPSA) is 91.8 Å². The van der Waals surface area contributed by atoms with E-state index >= 15 is 0 Å². The minimum absolute atomic E-state index is 0.114. The van der Waals surface area contributed by atoms with Crippen LogP contribution in [-0.4, -0.2) is 61.4 Å². The highest BCUT2D eigenvalue weighted by Gasteiger charge is 2.26. The molecular formula is C13H22O6. The van der Waals surface area contributed by atoms with E-state index in [9.17, 15) is 4.79 Å². The van der Waals surface area contributed by atoms with E-state index in [0.29, 0.717) is 30.6 Å². The molecule has 0 aliphatic carbocycles. The van der Waals surface area contributed by atoms with Crippen LogP contribution < -0.4 is 0 Å². The van der Waals surface area contributed by atoms with E-state index in [-0.39, 0.29) is 6.61 Å². The van der Waals surface area contributed by atoms with Crippen molar-refractivity contribution in [2.45, 2.75) is 32.0 Å². The normalized spacial score (nSPS) is 24.4. The fourth-order valence-corrected chi connectivity index (χ4v) is 1.16. The Labute approximate surface area is 113 Å². The fourth-order valence-electron chi connectivity index (χ4n) is 1.16. The standard InChI is InChI=1S/C7H12O3.C6H10O3/c1-6(7(9)10)4-2-3-5-8;1(5-3-8-5)7-2-6-4-9-6/h4,8H,2-3,5H2,1H3,(H,9,10);5-6H,1-4H2. The average Bonchev–Trinajstić information content (AvgIpc) is 3.24. The van der Waals surface area contributed by atoms with Crippen molar-refractivity contribution < 1.29 is 29.2 Å². The van der Waals surface area contributed by atoms with Crippen molar-refractivity contribution in [1.82, 2.24) is 0 Å². The minimum Gasteiger partial charge on any atom is -0.478 e. The van der Waals surface area contributed by atoms with Gasteiger partial charge in [-0.05, 0) is 19.8 Å². The summed E-state index contributed by atoms with van der Waals surface area (Å²) < 4.78 is 15.1. The van der Waals surface area contributed by atoms with Gasteiger partial charge in [0.15, 0.2) is 0 Å². The van der Waals surface area contributed by atoms with Crippen LogP contribution in [0.5, 0.6) is 0 Å². The first kappa shape index (κ1) is 16.1. The molecule has 2 aliphatic heterocycles. The predicted octanol–water partition coefficient (Wildman–Crippen LogP) is 0.590. The molecule has 2 unspecified atom stereocenters. The first-order chi connectivity index (χ1) is 9.13. The molecular weight excluding hydrogens is 252 g/mol. The number of aliphatic carboxylic acids is 1. The SMILES string of the molecule is C(OCC1CO1)C1CO1.CC(=CCCCO)C(=O)O. The third-order valence-corrected chi connectivity index (χ3v) is 2.56. The molecule has 2 heterocycles. The maximum atomic E-state index is 10.2. The zero-order chi connectivity index (χ0) is 14.1. The second-order valence-corrected chi connectivity index (χ2v) is 4.51. The van der Waals surface area contributed by atoms with E-state index in [1.54, 1.807) is 13.0 Å². The van der Waals surface area contributed by atoms with E-state index in [1.165, 1.54) is 0 Å². The van der Waals surface area contributed by atoms with Gasteiger partial charge in [-0.15, -0.1) is 0 Å². The molecule has 2 N–H and O–H groups in total. The molecule has 0 aromatic heterocycles. The van der Waals surface area contributed by atoms with E-state index in [1.807, 2.05) is 0 Å². The van der Waals surface area contributed by atoms with Gasteiger partial charge in [0.2, 0.25) is 0 Å². The Kier molecular flexibility index (Phi) is 7.66. The lowest BCUT2D eigenvalue weighted by molar-refractivity contribution is -0.132. The number of aliphatic hydroxyl groups excluding tert-OH is 1. The summed E-state index contributed by atoms with van der Waals surface area (Å²) in [4.78, 5) is 10.2. The van der Waals surface area contributed by atoms with Gasteiger partial charge in [0.05, 0.1) is 26.4 Å². The first-order valence-electron chi connectivity index (χ1n) is 6.45. The number of carboxylic acids is 1. The Balaban J connectivity index is 0.000000190. The van der Waals surface area contributed by atoms with Gasteiger partial charge >= 0.3 is 5.97 Å². The van der Waals surface area contributed by atoms with Crippen molar-refractivity contribution in [3.63, 3.8) is 0 Å². The van der Waals surface area contributed by atoms with Crippen molar-refractivity contribution in [1.29, 1.82) is 0 Å². The van der Waals surface area contributed by atoms with E-state index in [2.05, 4.69) is 0 Å². The highest BCUT2D eigenvalue weighted by atomic mass is 16.6. The minimum atomic E-state index is -0.891. The maximum absolute atomic E-state index is 10.2. The van der Waals surface area contributed by atoms with Gasteiger partial charge in [-0.25, -0.2) is 4.79 Å². The molecule has 110 valence electrons. The molecule has 2 rings (SSSR count). The molecule has 2 saturated heterocycles. The van der Waals surface area contributed by atoms with Crippen LogP contribution in [-0.2, 0) is 19.0 Å². The van der Waals surface area contributed by atoms with E-state index in [4.69, 9.17) is 24.4 Å². The summed E-state index contributed by atoms with van der Waals surface area (Å²) in [6.07, 6.45) is 3.66. The third kappa shape index (κ3) is 9.61. The zero-order valence-electron chi connectivity index (χ0n) is 11.2. The summed E-state index contributed by atoms with van der Waals surface area (Å²) in [6.45, 7) is 4.92. The van der Waals surface area contributed by atoms with Gasteiger partial charge < -0.3 is 24.4 Å². The van der Waals surface area contributed by atoms with Gasteiger partial charge in [0.25, 0.3) is 0 Å². The van der Waals surface area contributed by atoms with Crippen molar-refractivity contribution in [2.75, 3.05) is 33.0 Å². The second-order valence-electron chi connectivity index (χ2n) is 4.51. The van der Waals surface area contributed by atoms with Crippen LogP contribution in [0.15, 0.2) is 11.6 Å². The molecule has 2 aliphatic rings. The van der Waals surface area contributed by atoms with Crippen molar-refractivity contribution in [3.05, 3.63) is 11.6 Å². The highest BCUT2D eigenvalue weighted by molar-refractivity contribution is 5.85. The van der Waals surface area contributed by atoms with Gasteiger partial charge in [-0.1, -0.05) is 6.08 Å². The van der Waals surface area contributed by atoms with E-state index in [0.717, 1.165) is 26.4 Å². The van der Waals surface area contributed by atoms with Gasteiger partial charge in [0.1, 0.15) is 12.2 Å². The molecule has 0 aromatic carbocycles. The summed E-state index contributed by atoms with van der Waals surface area (Å²) in [7, 11) is 0. The number of aliphatic hydroxyl groups is 1. The van der Waals surface area contributed by atoms with Crippen LogP contribution in [0.3, 0.4) is 0 Å². The summed E-state index contributed by atoms with van der Waals surface area (Å²) in [6, 6.07) is 0. The number of unbranched alkanes of at least 4 members (excludes halogenated alkanes) is 1. The number of carboxylic acid groups (broad SMARTS) is 1. The van der Waals surface area contributed by atoms with Crippen molar-refractivity contribution >= 4 is 5.97 Å². The molecule has 6 nitrogen and oxygen atoms in total. The Bertz CT molecular complexity index is 282. The number of hydrogen-bond donors (Lipinski definition) is 2. The Hall–Kier alpha value is -0.950. The van der Waals surface area contributed by atoms with Gasteiger partial charge in [-0.2, -0.15) is 0 Å². The maximum Gasteiger partial charge on any atom is 0.330 e. The summed E-state index contributed by atoms with van der Waals surface area (Å²) in [5.74, 6) is -0.891. The monoisotopic (exact) mass is 274 g/mol. The highest BCUT2D eigenvalue weighted by Crippen LogP contribution is 2.12. The smallest absolute Gasteiger partial charge is 0.330 e. The van der Waals surface area contributed by atoms with Crippen molar-refractivity contribution in [3.8, 4) is 0 Å². The first-order valence-corrected chi connectivity index (χ1v) is 6.45. The molecule has 6 heteroatoms. The Morgan fingerprint density at radius 1 is 1.32 bits per heavy atom. The van der Waals surface area contributed by atoms with Crippen LogP contribution in [0.2, 0.25) is 0 Å². The van der Waals surface area contributed by atoms with Gasteiger partial charge in [-0.3, -0.25) is 0 Å². The zero-order valence-corrected chi connectivity index (χ0v) is 11.2. The van der Waals surface area contributed by atoms with Crippen molar-refractivity contribution in [2.24, 2.45) is 0 Å². The summed E-state index contributed by atoms with van der Waals surface area (Å²) in [5, 5.41) is 16.7. The summed E-state index contributed by atoms with van der Waals surface area (Å²) in [5.41, 5.74) is 0.341. The molecule has 0 aromatic rings. The molecule has 2 fully saturated rings. The van der Waals surface area contributed by atoms with Crippen LogP contribution in [0, 0.1) is 0 Å². The number of carbonyl (C=O) groups is 1. The lowest BCUT2D eigenvalue weighted by Gasteiger charge is -1.95. The Morgan fingerprint density at radius 2 is 1.84 bits per heavy atom. The van der Waals surface area contributed by atoms with E-state index < -0.39 is 5.97 Å². The number of allylic oxidation sites excluding steroid dienone is 1. The van der Waals surface area contributed by atoms with Gasteiger partial charge in [0, 0.05) is 12.2 Å². The molecule has 0 saturated carbocycles. The molecule has 0 amide bonds. The molecule has 2 atom stereocenters. The van der Waals surface area contributed by atoms with Crippen LogP contribution in [0.4, 0.5) is 0 Å². The molecule has 0 spiro atoms. The lowest BCUT2D eigenvalue weighted by Crippen LogP contribution is -2.06. The number of hydrogen-bond acceptors (Lipinski definition) is 5. The summed E-state index contributed by atoms with van der Waals surface area (Å²) >= 11 is 0. The third-order valence-electron chi connectivity index (χ3n) is 2.56. The quantitative estimate of drug-likeness (QED) is 0.382. The van der Waals surface area contributed by atoms with Crippen LogP contribution >= 0.6 is 0 Å². The number of rotatable bonds is 8. The Morgan fingerprint density at radius 3 is 2.21 bits per heavy atom.